The second-order valence-corrected chi connectivity index (χ2v) is 6.50. The molecular formula is C17H22N2O3. The summed E-state index contributed by atoms with van der Waals surface area (Å²) in [5.74, 6) is 1.49. The number of amides is 1. The van der Waals surface area contributed by atoms with Gasteiger partial charge >= 0.3 is 0 Å². The van der Waals surface area contributed by atoms with Gasteiger partial charge in [0.15, 0.2) is 11.5 Å². The summed E-state index contributed by atoms with van der Waals surface area (Å²) in [4.78, 5) is 11.8. The summed E-state index contributed by atoms with van der Waals surface area (Å²) in [5, 5.41) is 5.50. The highest BCUT2D eigenvalue weighted by Gasteiger charge is 2.38. The molecule has 0 spiro atoms. The van der Waals surface area contributed by atoms with Crippen molar-refractivity contribution in [1.82, 2.24) is 5.01 Å². The molecule has 1 fully saturated rings. The van der Waals surface area contributed by atoms with Crippen LogP contribution >= 0.6 is 0 Å². The third-order valence-corrected chi connectivity index (χ3v) is 4.47. The first-order valence-corrected chi connectivity index (χ1v) is 7.62. The van der Waals surface area contributed by atoms with Crippen LogP contribution in [0.3, 0.4) is 0 Å². The lowest BCUT2D eigenvalue weighted by Gasteiger charge is -2.22. The monoisotopic (exact) mass is 302 g/mol. The second kappa shape index (κ2) is 5.63. The normalized spacial score (nSPS) is 22.6. The van der Waals surface area contributed by atoms with Gasteiger partial charge in [0.1, 0.15) is 0 Å². The summed E-state index contributed by atoms with van der Waals surface area (Å²) in [6, 6.07) is 5.84. The van der Waals surface area contributed by atoms with Crippen molar-refractivity contribution in [1.29, 1.82) is 0 Å². The Hall–Kier alpha value is -2.04. The molecule has 0 saturated heterocycles. The zero-order chi connectivity index (χ0) is 15.7. The van der Waals surface area contributed by atoms with E-state index >= 15 is 0 Å². The third kappa shape index (κ3) is 3.08. The Labute approximate surface area is 130 Å². The van der Waals surface area contributed by atoms with Crippen LogP contribution in [0.1, 0.15) is 37.7 Å². The van der Waals surface area contributed by atoms with E-state index in [0.29, 0.717) is 18.4 Å². The Morgan fingerprint density at radius 3 is 2.77 bits per heavy atom. The molecule has 1 atom stereocenters. The van der Waals surface area contributed by atoms with Crippen LogP contribution in [0, 0.1) is 5.41 Å². The molecule has 5 heteroatoms. The van der Waals surface area contributed by atoms with Crippen LogP contribution in [0.4, 0.5) is 0 Å². The Morgan fingerprint density at radius 2 is 2.14 bits per heavy atom. The summed E-state index contributed by atoms with van der Waals surface area (Å²) in [6.45, 7) is 2.93. The number of ether oxygens (including phenoxy) is 2. The van der Waals surface area contributed by atoms with Crippen molar-refractivity contribution < 1.29 is 14.3 Å². The molecule has 1 aliphatic carbocycles. The summed E-state index contributed by atoms with van der Waals surface area (Å²) < 4.78 is 11.3. The third-order valence-electron chi connectivity index (χ3n) is 4.47. The largest absolute Gasteiger partial charge is 0.493 e. The van der Waals surface area contributed by atoms with Gasteiger partial charge in [0.25, 0.3) is 0 Å². The van der Waals surface area contributed by atoms with Gasteiger partial charge in [0, 0.05) is 31.0 Å². The molecular weight excluding hydrogens is 280 g/mol. The number of methoxy groups -OCH3 is 1. The van der Waals surface area contributed by atoms with Gasteiger partial charge in [-0.3, -0.25) is 4.79 Å². The molecule has 1 saturated carbocycles. The maximum Gasteiger partial charge on any atom is 0.243 e. The predicted octanol–water partition coefficient (Wildman–Crippen LogP) is 2.81. The Bertz CT molecular complexity index is 608. The Kier molecular flexibility index (Phi) is 3.81. The fraction of sp³-hybridized carbons (Fsp3) is 0.529. The molecule has 22 heavy (non-hydrogen) atoms. The van der Waals surface area contributed by atoms with E-state index in [1.54, 1.807) is 14.2 Å². The first-order chi connectivity index (χ1) is 10.5. The highest BCUT2D eigenvalue weighted by atomic mass is 16.5. The summed E-state index contributed by atoms with van der Waals surface area (Å²) in [7, 11) is 3.31. The van der Waals surface area contributed by atoms with Gasteiger partial charge in [0.05, 0.1) is 13.7 Å². The van der Waals surface area contributed by atoms with E-state index < -0.39 is 0 Å². The Morgan fingerprint density at radius 1 is 1.36 bits per heavy atom. The maximum absolute atomic E-state index is 11.8. The van der Waals surface area contributed by atoms with Gasteiger partial charge in [-0.15, -0.1) is 0 Å². The molecule has 0 radical (unpaired) electrons. The van der Waals surface area contributed by atoms with Crippen molar-refractivity contribution in [2.24, 2.45) is 10.5 Å². The zero-order valence-electron chi connectivity index (χ0n) is 13.3. The van der Waals surface area contributed by atoms with Gasteiger partial charge in [-0.25, -0.2) is 5.01 Å². The molecule has 0 bridgehead atoms. The number of carbonyl (C=O) groups is 1. The predicted molar refractivity (Wildman–Crippen MR) is 84.5 cm³/mol. The highest BCUT2D eigenvalue weighted by molar-refractivity contribution is 5.86. The van der Waals surface area contributed by atoms with E-state index in [9.17, 15) is 4.79 Å². The van der Waals surface area contributed by atoms with Crippen LogP contribution in [0.2, 0.25) is 0 Å². The molecule has 1 aliphatic heterocycles. The Balaban J connectivity index is 1.80. The lowest BCUT2D eigenvalue weighted by Crippen LogP contribution is -2.28. The van der Waals surface area contributed by atoms with Crippen LogP contribution < -0.4 is 9.47 Å². The fourth-order valence-corrected chi connectivity index (χ4v) is 2.47. The van der Waals surface area contributed by atoms with Gasteiger partial charge in [-0.1, -0.05) is 13.0 Å². The number of nitrogens with zero attached hydrogens (tertiary/aromatic N) is 2. The minimum atomic E-state index is -0.00605. The smallest absolute Gasteiger partial charge is 0.243 e. The number of carbonyl (C=O) groups excluding carboxylic acids is 1. The van der Waals surface area contributed by atoms with Crippen LogP contribution in [-0.4, -0.2) is 37.9 Å². The van der Waals surface area contributed by atoms with Gasteiger partial charge < -0.3 is 9.47 Å². The molecule has 0 aromatic heterocycles. The quantitative estimate of drug-likeness (QED) is 0.840. The summed E-state index contributed by atoms with van der Waals surface area (Å²) >= 11 is 0. The van der Waals surface area contributed by atoms with Crippen molar-refractivity contribution >= 4 is 12.1 Å². The molecule has 1 unspecified atom stereocenters. The average Bonchev–Trinajstić information content (AvgIpc) is 3.26. The second-order valence-electron chi connectivity index (χ2n) is 6.50. The van der Waals surface area contributed by atoms with E-state index in [4.69, 9.17) is 9.47 Å². The number of hydrogen-bond acceptors (Lipinski definition) is 4. The van der Waals surface area contributed by atoms with Gasteiger partial charge in [-0.05, 0) is 30.5 Å². The maximum atomic E-state index is 11.8. The number of rotatable bonds is 5. The van der Waals surface area contributed by atoms with Crippen LogP contribution in [0.15, 0.2) is 23.3 Å². The molecule has 1 heterocycles. The molecule has 0 N–H and O–H groups in total. The van der Waals surface area contributed by atoms with Crippen molar-refractivity contribution in [3.8, 4) is 11.5 Å². The number of hydrazone groups is 1. The lowest BCUT2D eigenvalue weighted by atomic mass is 9.95. The average molecular weight is 302 g/mol. The topological polar surface area (TPSA) is 51.1 Å². The number of benzene rings is 1. The molecule has 3 rings (SSSR count). The van der Waals surface area contributed by atoms with Crippen molar-refractivity contribution in [3.05, 3.63) is 23.8 Å². The van der Waals surface area contributed by atoms with Gasteiger partial charge in [-0.2, -0.15) is 5.10 Å². The number of hydrogen-bond donors (Lipinski definition) is 0. The van der Waals surface area contributed by atoms with Crippen LogP contribution in [0.5, 0.6) is 11.5 Å². The summed E-state index contributed by atoms with van der Waals surface area (Å²) in [5.41, 5.74) is 1.34. The van der Waals surface area contributed by atoms with Crippen molar-refractivity contribution in [2.45, 2.75) is 32.1 Å². The standard InChI is InChI=1S/C17H22N2O3/c1-17(6-7-17)11-22-15-8-12(4-5-14(15)21-3)13-9-16(20)19(2)18-10-13/h4-5,8,10,13H,6-7,9,11H2,1-3H3. The minimum Gasteiger partial charge on any atom is -0.493 e. The lowest BCUT2D eigenvalue weighted by molar-refractivity contribution is -0.130. The molecule has 118 valence electrons. The highest BCUT2D eigenvalue weighted by Crippen LogP contribution is 2.45. The SMILES string of the molecule is COc1ccc(C2C=NN(C)C(=O)C2)cc1OCC1(C)CC1. The van der Waals surface area contributed by atoms with Crippen LogP contribution in [0.25, 0.3) is 0 Å². The molecule has 1 aromatic carbocycles. The molecule has 5 nitrogen and oxygen atoms in total. The molecule has 1 amide bonds. The van der Waals surface area contributed by atoms with Crippen molar-refractivity contribution in [3.63, 3.8) is 0 Å². The van der Waals surface area contributed by atoms with E-state index in [1.807, 2.05) is 24.4 Å². The van der Waals surface area contributed by atoms with E-state index in [-0.39, 0.29) is 11.8 Å². The van der Waals surface area contributed by atoms with E-state index in [0.717, 1.165) is 17.1 Å². The summed E-state index contributed by atoms with van der Waals surface area (Å²) in [6.07, 6.45) is 4.68. The van der Waals surface area contributed by atoms with Crippen LogP contribution in [-0.2, 0) is 4.79 Å². The minimum absolute atomic E-state index is 0.00605. The first kappa shape index (κ1) is 14.9. The molecule has 2 aliphatic rings. The van der Waals surface area contributed by atoms with Crippen molar-refractivity contribution in [2.75, 3.05) is 20.8 Å². The zero-order valence-corrected chi connectivity index (χ0v) is 13.3. The molecule has 1 aromatic rings. The van der Waals surface area contributed by atoms with E-state index in [1.165, 1.54) is 17.9 Å². The van der Waals surface area contributed by atoms with E-state index in [2.05, 4.69) is 12.0 Å². The first-order valence-electron chi connectivity index (χ1n) is 7.62. The van der Waals surface area contributed by atoms with Gasteiger partial charge in [0.2, 0.25) is 5.91 Å². The fourth-order valence-electron chi connectivity index (χ4n) is 2.47.